The number of carbonyl (C=O) groups is 3. The van der Waals surface area contributed by atoms with Crippen molar-refractivity contribution < 1.29 is 27.5 Å². The van der Waals surface area contributed by atoms with Crippen LogP contribution in [-0.2, 0) is 24.4 Å². The molecule has 0 spiro atoms. The van der Waals surface area contributed by atoms with Crippen LogP contribution in [0.3, 0.4) is 0 Å². The first-order chi connectivity index (χ1) is 24.3. The second-order valence-corrected chi connectivity index (χ2v) is 18.3. The summed E-state index contributed by atoms with van der Waals surface area (Å²) in [5.74, 6) is -1.87. The number of fused-ring (bicyclic) bond motifs is 1. The topological polar surface area (TPSA) is 160 Å². The summed E-state index contributed by atoms with van der Waals surface area (Å²) in [5, 5.41) is 10.3. The van der Waals surface area contributed by atoms with E-state index >= 15 is 0 Å². The van der Waals surface area contributed by atoms with Crippen LogP contribution in [0.25, 0.3) is 21.6 Å². The maximum atomic E-state index is 14.6. The van der Waals surface area contributed by atoms with Gasteiger partial charge in [-0.2, -0.15) is 0 Å². The van der Waals surface area contributed by atoms with Gasteiger partial charge < -0.3 is 20.3 Å². The number of ether oxygens (including phenoxy) is 1. The molecule has 1 aromatic carbocycles. The lowest BCUT2D eigenvalue weighted by Crippen LogP contribution is -2.58. The molecule has 3 amide bonds. The number of thiophene rings is 2. The number of para-hydroxylation sites is 2. The number of likely N-dealkylation sites (tertiary alicyclic amines) is 1. The Kier molecular flexibility index (Phi) is 9.17. The highest BCUT2D eigenvalue weighted by Crippen LogP contribution is 2.46. The molecule has 5 atom stereocenters. The first-order valence-corrected chi connectivity index (χ1v) is 20.2. The van der Waals surface area contributed by atoms with Gasteiger partial charge in [-0.15, -0.1) is 29.3 Å². The lowest BCUT2D eigenvalue weighted by Gasteiger charge is -2.35. The van der Waals surface area contributed by atoms with E-state index in [1.165, 1.54) is 33.6 Å². The first kappa shape index (κ1) is 35.1. The molecule has 12 nitrogen and oxygen atoms in total. The summed E-state index contributed by atoms with van der Waals surface area (Å²) < 4.78 is 34.2. The van der Waals surface area contributed by atoms with Crippen LogP contribution in [0.4, 0.5) is 5.00 Å². The molecule has 0 radical (unpaired) electrons. The third-order valence-electron chi connectivity index (χ3n) is 9.59. The number of anilines is 1. The molecule has 1 aliphatic heterocycles. The average Bonchev–Trinajstić information content (AvgIpc) is 3.83. The zero-order chi connectivity index (χ0) is 36.1. The van der Waals surface area contributed by atoms with E-state index < -0.39 is 62.1 Å². The molecule has 51 heavy (non-hydrogen) atoms. The van der Waals surface area contributed by atoms with E-state index in [9.17, 15) is 22.8 Å². The molecule has 1 unspecified atom stereocenters. The number of rotatable bonds is 12. The highest BCUT2D eigenvalue weighted by molar-refractivity contribution is 7.91. The van der Waals surface area contributed by atoms with Crippen LogP contribution in [0.2, 0.25) is 0 Å². The van der Waals surface area contributed by atoms with Crippen LogP contribution < -0.4 is 20.1 Å². The van der Waals surface area contributed by atoms with Crippen molar-refractivity contribution in [1.29, 1.82) is 0 Å². The molecule has 1 saturated heterocycles. The van der Waals surface area contributed by atoms with Crippen LogP contribution in [-0.4, -0.2) is 76.5 Å². The lowest BCUT2D eigenvalue weighted by atomic mass is 9.85. The van der Waals surface area contributed by atoms with E-state index in [1.807, 2.05) is 80.1 Å². The molecule has 3 N–H and O–H groups in total. The van der Waals surface area contributed by atoms with Crippen LogP contribution in [0, 0.1) is 11.3 Å². The molecular weight excluding hydrogens is 709 g/mol. The molecule has 268 valence electrons. The highest BCUT2D eigenvalue weighted by Gasteiger charge is 2.62. The van der Waals surface area contributed by atoms with E-state index in [2.05, 4.69) is 21.9 Å². The van der Waals surface area contributed by atoms with Crippen LogP contribution in [0.5, 0.6) is 5.88 Å². The molecule has 3 fully saturated rings. The summed E-state index contributed by atoms with van der Waals surface area (Å²) >= 11 is 2.96. The highest BCUT2D eigenvalue weighted by atomic mass is 32.2. The molecule has 2 aliphatic carbocycles. The summed E-state index contributed by atoms with van der Waals surface area (Å²) in [6.45, 7) is 9.72. The largest absolute Gasteiger partial charge is 0.471 e. The molecular formula is C36H40N6O6S3. The Bertz CT molecular complexity index is 2080. The fraction of sp³-hybridized carbons (Fsp3) is 0.417. The van der Waals surface area contributed by atoms with Crippen molar-refractivity contribution in [3.63, 3.8) is 0 Å². The van der Waals surface area contributed by atoms with E-state index in [0.29, 0.717) is 29.6 Å². The van der Waals surface area contributed by atoms with Gasteiger partial charge in [0.2, 0.25) is 27.7 Å². The third-order valence-corrected chi connectivity index (χ3v) is 13.1. The SMILES string of the molecule is C=C[C@@H]1CC1(NC(=O)[C@@H]1C[C@@H](Oc2nc3ccccc3nc2-c2cccs2)CN1C(=O)[C@@H](Nc1cccs1)C(C)(C)C)C(=O)NS(=O)(=O)C1CC1. The van der Waals surface area contributed by atoms with E-state index in [4.69, 9.17) is 14.7 Å². The van der Waals surface area contributed by atoms with Gasteiger partial charge >= 0.3 is 0 Å². The van der Waals surface area contributed by atoms with E-state index in [-0.39, 0.29) is 31.2 Å². The van der Waals surface area contributed by atoms with Crippen LogP contribution in [0.15, 0.2) is 71.9 Å². The number of carbonyl (C=O) groups excluding carboxylic acids is 3. The Balaban J connectivity index is 1.20. The zero-order valence-electron chi connectivity index (χ0n) is 28.5. The Morgan fingerprint density at radius 3 is 2.35 bits per heavy atom. The van der Waals surface area contributed by atoms with Crippen LogP contribution >= 0.6 is 22.7 Å². The maximum Gasteiger partial charge on any atom is 0.259 e. The number of hydrogen-bond donors (Lipinski definition) is 3. The fourth-order valence-electron chi connectivity index (χ4n) is 6.51. The van der Waals surface area contributed by atoms with Crippen molar-refractivity contribution in [2.75, 3.05) is 11.9 Å². The van der Waals surface area contributed by atoms with Gasteiger partial charge in [-0.3, -0.25) is 19.1 Å². The predicted molar refractivity (Wildman–Crippen MR) is 198 cm³/mol. The summed E-state index contributed by atoms with van der Waals surface area (Å²) in [6.07, 6.45) is 2.14. The quantitative estimate of drug-likeness (QED) is 0.170. The van der Waals surface area contributed by atoms with Gasteiger partial charge in [-0.25, -0.2) is 18.4 Å². The summed E-state index contributed by atoms with van der Waals surface area (Å²) in [5.41, 5.74) is -0.154. The second kappa shape index (κ2) is 13.3. The van der Waals surface area contributed by atoms with Gasteiger partial charge in [0, 0.05) is 12.3 Å². The van der Waals surface area contributed by atoms with Gasteiger partial charge in [0.25, 0.3) is 5.91 Å². The van der Waals surface area contributed by atoms with E-state index in [1.54, 1.807) is 0 Å². The summed E-state index contributed by atoms with van der Waals surface area (Å²) in [6, 6.07) is 13.4. The fourth-order valence-corrected chi connectivity index (χ4v) is 9.23. The molecule has 15 heteroatoms. The number of benzene rings is 1. The van der Waals surface area contributed by atoms with Gasteiger partial charge in [-0.05, 0) is 65.8 Å². The van der Waals surface area contributed by atoms with Gasteiger partial charge in [0.15, 0.2) is 0 Å². The number of nitrogens with zero attached hydrogens (tertiary/aromatic N) is 3. The van der Waals surface area contributed by atoms with Crippen molar-refractivity contribution in [1.82, 2.24) is 24.9 Å². The minimum Gasteiger partial charge on any atom is -0.471 e. The maximum absolute atomic E-state index is 14.6. The Morgan fingerprint density at radius 1 is 1.04 bits per heavy atom. The monoisotopic (exact) mass is 748 g/mol. The van der Waals surface area contributed by atoms with E-state index in [0.717, 1.165) is 9.88 Å². The average molecular weight is 749 g/mol. The minimum atomic E-state index is -3.86. The Labute approximate surface area is 304 Å². The van der Waals surface area contributed by atoms with Crippen LogP contribution in [0.1, 0.15) is 46.5 Å². The van der Waals surface area contributed by atoms with Crippen molar-refractivity contribution in [2.24, 2.45) is 11.3 Å². The predicted octanol–water partition coefficient (Wildman–Crippen LogP) is 4.96. The molecule has 2 saturated carbocycles. The number of aromatic nitrogens is 2. The Hall–Kier alpha value is -4.34. The number of sulfonamides is 1. The minimum absolute atomic E-state index is 0.0636. The standard InChI is InChI=1S/C36H40N6O6S3/c1-5-21-19-36(21,34(45)41-51(46,47)23-14-15-23)40-31(43)26-18-22(20-42(26)33(44)30(35(2,3)4)39-28-13-9-17-50-28)48-32-29(27-12-8-16-49-27)37-24-10-6-7-11-25(24)38-32/h5-13,16-17,21-23,26,30,39H,1,14-15,18-20H2,2-4H3,(H,40,43)(H,41,45)/t21-,22-,26+,30-,36?/m1/s1. The number of nitrogens with one attached hydrogen (secondary N) is 3. The van der Waals surface area contributed by atoms with Gasteiger partial charge in [-0.1, -0.05) is 45.0 Å². The zero-order valence-corrected chi connectivity index (χ0v) is 30.9. The Morgan fingerprint density at radius 2 is 1.75 bits per heavy atom. The smallest absolute Gasteiger partial charge is 0.259 e. The van der Waals surface area contributed by atoms with Crippen molar-refractivity contribution >= 4 is 66.5 Å². The third kappa shape index (κ3) is 7.11. The number of hydrogen-bond acceptors (Lipinski definition) is 11. The molecule has 3 aliphatic rings. The molecule has 3 aromatic heterocycles. The summed E-state index contributed by atoms with van der Waals surface area (Å²) in [4.78, 5) is 54.5. The normalized spacial score (nSPS) is 23.7. The molecule has 4 aromatic rings. The van der Waals surface area contributed by atoms with Crippen molar-refractivity contribution in [3.8, 4) is 16.5 Å². The number of amides is 3. The lowest BCUT2D eigenvalue weighted by molar-refractivity contribution is -0.141. The van der Waals surface area contributed by atoms with Gasteiger partial charge in [0.05, 0.1) is 32.7 Å². The van der Waals surface area contributed by atoms with Crippen molar-refractivity contribution in [3.05, 3.63) is 71.9 Å². The molecule has 0 bridgehead atoms. The molecule has 7 rings (SSSR count). The molecule has 4 heterocycles. The van der Waals surface area contributed by atoms with Crippen molar-refractivity contribution in [2.45, 2.75) is 75.4 Å². The first-order valence-electron chi connectivity index (χ1n) is 16.9. The summed E-state index contributed by atoms with van der Waals surface area (Å²) in [7, 11) is -3.86. The van der Waals surface area contributed by atoms with Gasteiger partial charge in [0.1, 0.15) is 29.4 Å². The second-order valence-electron chi connectivity index (χ2n) is 14.4.